The Kier molecular flexibility index (Phi) is 6.52. The van der Waals surface area contributed by atoms with Gasteiger partial charge in [-0.2, -0.15) is 0 Å². The van der Waals surface area contributed by atoms with E-state index in [0.29, 0.717) is 12.1 Å². The van der Waals surface area contributed by atoms with Crippen LogP contribution >= 0.6 is 24.0 Å². The van der Waals surface area contributed by atoms with Crippen molar-refractivity contribution in [1.29, 1.82) is 0 Å². The second kappa shape index (κ2) is 6.53. The molecule has 4 nitrogen and oxygen atoms in total. The third-order valence-corrected chi connectivity index (χ3v) is 3.07. The largest absolute Gasteiger partial charge is 0.469 e. The van der Waals surface area contributed by atoms with Gasteiger partial charge >= 0.3 is 5.43 Å². The van der Waals surface area contributed by atoms with Gasteiger partial charge in [0.15, 0.2) is 0 Å². The standard InChI is InChI=1S/C8H15NO.CHClO2.ClH/c1-9-6-2-3-7(9)5-8(10)4-6;2-1(3)4;/h6-8,10H,2-5H2,1H3;(H,3,4);1H/t6-,7+,8+;;. The van der Waals surface area contributed by atoms with Crippen molar-refractivity contribution >= 4 is 29.4 Å². The number of aliphatic hydroxyl groups excluding tert-OH is 1. The molecule has 2 rings (SSSR count). The number of hydrogen-bond acceptors (Lipinski definition) is 3. The smallest absolute Gasteiger partial charge is 0.401 e. The third-order valence-electron chi connectivity index (χ3n) is 3.07. The molecule has 0 aliphatic carbocycles. The van der Waals surface area contributed by atoms with Gasteiger partial charge in [-0.25, -0.2) is 4.79 Å². The van der Waals surface area contributed by atoms with Crippen molar-refractivity contribution in [3.63, 3.8) is 0 Å². The van der Waals surface area contributed by atoms with Crippen LogP contribution in [0.2, 0.25) is 0 Å². The summed E-state index contributed by atoms with van der Waals surface area (Å²) in [5.41, 5.74) is -1.36. The van der Waals surface area contributed by atoms with Crippen molar-refractivity contribution < 1.29 is 15.0 Å². The van der Waals surface area contributed by atoms with Gasteiger partial charge in [0.2, 0.25) is 0 Å². The van der Waals surface area contributed by atoms with E-state index in [2.05, 4.69) is 23.5 Å². The van der Waals surface area contributed by atoms with Gasteiger partial charge in [0, 0.05) is 23.7 Å². The van der Waals surface area contributed by atoms with E-state index < -0.39 is 5.43 Å². The summed E-state index contributed by atoms with van der Waals surface area (Å²) in [5, 5.41) is 16.6. The van der Waals surface area contributed by atoms with E-state index in [0.717, 1.165) is 12.8 Å². The van der Waals surface area contributed by atoms with E-state index in [1.807, 2.05) is 0 Å². The summed E-state index contributed by atoms with van der Waals surface area (Å²) in [4.78, 5) is 11.2. The first kappa shape index (κ1) is 15.0. The van der Waals surface area contributed by atoms with Crippen molar-refractivity contribution in [2.75, 3.05) is 7.05 Å². The second-order valence-electron chi connectivity index (χ2n) is 3.93. The molecule has 0 unspecified atom stereocenters. The molecule has 0 saturated carbocycles. The van der Waals surface area contributed by atoms with E-state index in [1.165, 1.54) is 12.8 Å². The van der Waals surface area contributed by atoms with Crippen LogP contribution in [0.1, 0.15) is 25.7 Å². The molecule has 6 heteroatoms. The number of halogens is 2. The average molecular weight is 258 g/mol. The summed E-state index contributed by atoms with van der Waals surface area (Å²) < 4.78 is 0. The van der Waals surface area contributed by atoms with Gasteiger partial charge in [-0.15, -0.1) is 12.4 Å². The Hall–Kier alpha value is -0.0300. The molecule has 2 bridgehead atoms. The zero-order valence-corrected chi connectivity index (χ0v) is 10.2. The van der Waals surface area contributed by atoms with Crippen molar-refractivity contribution in [3.05, 3.63) is 0 Å². The zero-order chi connectivity index (χ0) is 10.7. The highest BCUT2D eigenvalue weighted by atomic mass is 35.5. The summed E-state index contributed by atoms with van der Waals surface area (Å²) in [6.07, 6.45) is 4.62. The number of aliphatic hydroxyl groups is 1. The van der Waals surface area contributed by atoms with Crippen LogP contribution in [0.3, 0.4) is 0 Å². The number of hydrogen-bond donors (Lipinski definition) is 2. The first-order valence-corrected chi connectivity index (χ1v) is 5.17. The lowest BCUT2D eigenvalue weighted by atomic mass is 10.0. The Morgan fingerprint density at radius 1 is 1.33 bits per heavy atom. The molecule has 0 amide bonds. The quantitative estimate of drug-likeness (QED) is 0.652. The van der Waals surface area contributed by atoms with Gasteiger partial charge in [0.25, 0.3) is 0 Å². The lowest BCUT2D eigenvalue weighted by Crippen LogP contribution is -2.41. The molecule has 0 aromatic rings. The topological polar surface area (TPSA) is 60.8 Å². The Bertz CT molecular complexity index is 198. The molecule has 2 heterocycles. The molecule has 0 aromatic heterocycles. The highest BCUT2D eigenvalue weighted by Gasteiger charge is 2.37. The number of fused-ring (bicyclic) bond motifs is 2. The van der Waals surface area contributed by atoms with Gasteiger partial charge in [0.1, 0.15) is 0 Å². The molecule has 90 valence electrons. The van der Waals surface area contributed by atoms with Crippen LogP contribution in [0.15, 0.2) is 0 Å². The lowest BCUT2D eigenvalue weighted by Gasteiger charge is -2.33. The third kappa shape index (κ3) is 4.55. The van der Waals surface area contributed by atoms with Crippen LogP contribution in [0.25, 0.3) is 0 Å². The molecule has 15 heavy (non-hydrogen) atoms. The average Bonchev–Trinajstić information content (AvgIpc) is 2.33. The zero-order valence-electron chi connectivity index (χ0n) is 8.60. The minimum atomic E-state index is -1.36. The maximum Gasteiger partial charge on any atom is 0.401 e. The molecular weight excluding hydrogens is 241 g/mol. The molecule has 2 saturated heterocycles. The van der Waals surface area contributed by atoms with E-state index >= 15 is 0 Å². The van der Waals surface area contributed by atoms with Crippen molar-refractivity contribution in [2.45, 2.75) is 43.9 Å². The fraction of sp³-hybridized carbons (Fsp3) is 0.889. The van der Waals surface area contributed by atoms with E-state index in [9.17, 15) is 5.11 Å². The molecule has 2 fully saturated rings. The summed E-state index contributed by atoms with van der Waals surface area (Å²) >= 11 is 4.19. The number of carboxylic acid groups (broad SMARTS) is 1. The molecule has 3 atom stereocenters. The fourth-order valence-corrected chi connectivity index (χ4v) is 2.38. The monoisotopic (exact) mass is 257 g/mol. The Balaban J connectivity index is 0.000000346. The molecule has 0 aromatic carbocycles. The predicted octanol–water partition coefficient (Wildman–Crippen LogP) is 1.93. The van der Waals surface area contributed by atoms with Gasteiger partial charge in [-0.3, -0.25) is 0 Å². The van der Waals surface area contributed by atoms with E-state index in [4.69, 9.17) is 9.90 Å². The Morgan fingerprint density at radius 2 is 1.67 bits per heavy atom. The number of rotatable bonds is 0. The van der Waals surface area contributed by atoms with Crippen molar-refractivity contribution in [1.82, 2.24) is 4.90 Å². The highest BCUT2D eigenvalue weighted by Crippen LogP contribution is 2.33. The first-order chi connectivity index (χ1) is 6.50. The number of piperidine rings is 1. The molecule has 2 aliphatic rings. The minimum Gasteiger partial charge on any atom is -0.469 e. The van der Waals surface area contributed by atoms with Crippen LogP contribution in [0.5, 0.6) is 0 Å². The SMILES string of the molecule is CN1[C@@H]2CC[C@H]1C[C@@H](O)C2.Cl.O=C(O)Cl. The van der Waals surface area contributed by atoms with Crippen LogP contribution < -0.4 is 0 Å². The van der Waals surface area contributed by atoms with Gasteiger partial charge in [0.05, 0.1) is 6.10 Å². The van der Waals surface area contributed by atoms with Crippen LogP contribution in [-0.2, 0) is 0 Å². The lowest BCUT2D eigenvalue weighted by molar-refractivity contribution is 0.0503. The van der Waals surface area contributed by atoms with Gasteiger partial charge in [-0.1, -0.05) is 0 Å². The van der Waals surface area contributed by atoms with Crippen molar-refractivity contribution in [2.24, 2.45) is 0 Å². The van der Waals surface area contributed by atoms with Crippen LogP contribution in [0.4, 0.5) is 4.79 Å². The summed E-state index contributed by atoms with van der Waals surface area (Å²) in [7, 11) is 2.19. The van der Waals surface area contributed by atoms with Gasteiger partial charge in [-0.05, 0) is 32.7 Å². The van der Waals surface area contributed by atoms with E-state index in [-0.39, 0.29) is 18.5 Å². The maximum atomic E-state index is 9.38. The summed E-state index contributed by atoms with van der Waals surface area (Å²) in [5.74, 6) is 0. The normalized spacial score (nSPS) is 33.7. The van der Waals surface area contributed by atoms with Crippen molar-refractivity contribution in [3.8, 4) is 0 Å². The molecular formula is C9H17Cl2NO3. The molecule has 0 spiro atoms. The summed E-state index contributed by atoms with van der Waals surface area (Å²) in [6, 6.07) is 1.38. The maximum absolute atomic E-state index is 9.38. The van der Waals surface area contributed by atoms with E-state index in [1.54, 1.807) is 0 Å². The second-order valence-corrected chi connectivity index (χ2v) is 4.25. The Labute approximate surface area is 101 Å². The number of carbonyl (C=O) groups is 1. The summed E-state index contributed by atoms with van der Waals surface area (Å²) in [6.45, 7) is 0. The minimum absolute atomic E-state index is 0. The predicted molar refractivity (Wildman–Crippen MR) is 60.9 cm³/mol. The number of nitrogens with zero attached hydrogens (tertiary/aromatic N) is 1. The highest BCUT2D eigenvalue weighted by molar-refractivity contribution is 6.60. The Morgan fingerprint density at radius 3 is 2.00 bits per heavy atom. The van der Waals surface area contributed by atoms with Crippen LogP contribution in [-0.4, -0.2) is 45.8 Å². The molecule has 0 radical (unpaired) electrons. The first-order valence-electron chi connectivity index (χ1n) is 4.79. The van der Waals surface area contributed by atoms with Crippen LogP contribution in [0, 0.1) is 0 Å². The molecule has 2 aliphatic heterocycles. The molecule has 2 N–H and O–H groups in total. The van der Waals surface area contributed by atoms with Gasteiger partial charge < -0.3 is 15.1 Å². The fourth-order valence-electron chi connectivity index (χ4n) is 2.38.